The molecular formula is C16H19N3O2. The summed E-state index contributed by atoms with van der Waals surface area (Å²) in [5.41, 5.74) is 1.14. The van der Waals surface area contributed by atoms with Crippen LogP contribution in [0.5, 0.6) is 11.5 Å². The van der Waals surface area contributed by atoms with Crippen molar-refractivity contribution in [3.8, 4) is 11.5 Å². The Bertz CT molecular complexity index is 586. The molecule has 2 heterocycles. The molecule has 0 saturated carbocycles. The molecule has 2 aromatic rings. The van der Waals surface area contributed by atoms with Crippen LogP contribution in [0.25, 0.3) is 0 Å². The van der Waals surface area contributed by atoms with E-state index in [1.54, 1.807) is 0 Å². The first-order valence-electron chi connectivity index (χ1n) is 7.28. The van der Waals surface area contributed by atoms with Crippen LogP contribution >= 0.6 is 0 Å². The number of fused-ring (bicyclic) bond motifs is 1. The quantitative estimate of drug-likeness (QED) is 0.915. The van der Waals surface area contributed by atoms with Gasteiger partial charge >= 0.3 is 0 Å². The number of hydrogen-bond acceptors (Lipinski definition) is 5. The van der Waals surface area contributed by atoms with Gasteiger partial charge in [-0.3, -0.25) is 0 Å². The number of rotatable bonds is 5. The Hall–Kier alpha value is -2.30. The van der Waals surface area contributed by atoms with Gasteiger partial charge in [0.15, 0.2) is 11.5 Å². The van der Waals surface area contributed by atoms with Crippen molar-refractivity contribution in [2.24, 2.45) is 0 Å². The second-order valence-electron chi connectivity index (χ2n) is 4.98. The van der Waals surface area contributed by atoms with Gasteiger partial charge in [0.25, 0.3) is 0 Å². The summed E-state index contributed by atoms with van der Waals surface area (Å²) in [6, 6.07) is 7.75. The van der Waals surface area contributed by atoms with Crippen LogP contribution in [0.1, 0.15) is 18.9 Å². The Labute approximate surface area is 124 Å². The predicted molar refractivity (Wildman–Crippen MR) is 80.9 cm³/mol. The topological polar surface area (TPSA) is 56.3 Å². The molecule has 0 amide bonds. The molecule has 21 heavy (non-hydrogen) atoms. The molecule has 0 saturated heterocycles. The van der Waals surface area contributed by atoms with Gasteiger partial charge in [0.1, 0.15) is 12.7 Å². The average molecular weight is 285 g/mol. The lowest BCUT2D eigenvalue weighted by molar-refractivity contribution is 0.0873. The lowest BCUT2D eigenvalue weighted by Gasteiger charge is -2.26. The van der Waals surface area contributed by atoms with Crippen molar-refractivity contribution in [2.45, 2.75) is 25.9 Å². The number of aromatic nitrogens is 2. The zero-order chi connectivity index (χ0) is 14.5. The van der Waals surface area contributed by atoms with Crippen LogP contribution in [-0.4, -0.2) is 29.2 Å². The fourth-order valence-electron chi connectivity index (χ4n) is 2.18. The van der Waals surface area contributed by atoms with Crippen LogP contribution < -0.4 is 14.8 Å². The fourth-order valence-corrected chi connectivity index (χ4v) is 2.18. The molecule has 0 radical (unpaired) electrons. The number of anilines is 1. The van der Waals surface area contributed by atoms with Crippen LogP contribution in [0, 0.1) is 0 Å². The zero-order valence-corrected chi connectivity index (χ0v) is 12.1. The maximum Gasteiger partial charge on any atom is 0.222 e. The largest absolute Gasteiger partial charge is 0.486 e. The lowest BCUT2D eigenvalue weighted by atomic mass is 10.2. The number of para-hydroxylation sites is 2. The fraction of sp³-hybridized carbons (Fsp3) is 0.375. The van der Waals surface area contributed by atoms with Crippen molar-refractivity contribution < 1.29 is 9.47 Å². The third-order valence-corrected chi connectivity index (χ3v) is 3.43. The van der Waals surface area contributed by atoms with E-state index in [-0.39, 0.29) is 6.10 Å². The van der Waals surface area contributed by atoms with E-state index in [0.29, 0.717) is 12.6 Å². The minimum atomic E-state index is 0.0577. The highest BCUT2D eigenvalue weighted by Gasteiger charge is 2.19. The van der Waals surface area contributed by atoms with Crippen LogP contribution in [0.3, 0.4) is 0 Å². The molecule has 1 N–H and O–H groups in total. The molecule has 0 bridgehead atoms. The maximum atomic E-state index is 5.90. The highest BCUT2D eigenvalue weighted by Crippen LogP contribution is 2.31. The SMILES string of the molecule is CCc1cnc(NCC[C@H]2COc3ccccc3O2)nc1. The van der Waals surface area contributed by atoms with Gasteiger partial charge in [0.2, 0.25) is 5.95 Å². The molecule has 5 heteroatoms. The predicted octanol–water partition coefficient (Wildman–Crippen LogP) is 2.68. The molecule has 1 aliphatic rings. The summed E-state index contributed by atoms with van der Waals surface area (Å²) in [5, 5.41) is 3.21. The molecule has 0 unspecified atom stereocenters. The summed E-state index contributed by atoms with van der Waals surface area (Å²) in [6.07, 6.45) is 5.56. The van der Waals surface area contributed by atoms with E-state index in [9.17, 15) is 0 Å². The number of nitrogens with zero attached hydrogens (tertiary/aromatic N) is 2. The number of ether oxygens (including phenoxy) is 2. The van der Waals surface area contributed by atoms with Gasteiger partial charge in [-0.1, -0.05) is 19.1 Å². The van der Waals surface area contributed by atoms with Crippen molar-refractivity contribution in [2.75, 3.05) is 18.5 Å². The van der Waals surface area contributed by atoms with E-state index < -0.39 is 0 Å². The summed E-state index contributed by atoms with van der Waals surface area (Å²) in [6.45, 7) is 3.42. The first-order chi connectivity index (χ1) is 10.3. The Kier molecular flexibility index (Phi) is 4.19. The minimum Gasteiger partial charge on any atom is -0.486 e. The monoisotopic (exact) mass is 285 g/mol. The summed E-state index contributed by atoms with van der Waals surface area (Å²) in [5.74, 6) is 2.29. The van der Waals surface area contributed by atoms with E-state index in [0.717, 1.165) is 36.4 Å². The first-order valence-corrected chi connectivity index (χ1v) is 7.28. The molecule has 1 atom stereocenters. The lowest BCUT2D eigenvalue weighted by Crippen LogP contribution is -2.31. The second kappa shape index (κ2) is 6.43. The Morgan fingerprint density at radius 1 is 1.19 bits per heavy atom. The molecule has 0 aliphatic carbocycles. The van der Waals surface area contributed by atoms with Crippen molar-refractivity contribution in [1.29, 1.82) is 0 Å². The standard InChI is InChI=1S/C16H19N3O2/c1-2-12-9-18-16(19-10-12)17-8-7-13-11-20-14-5-3-4-6-15(14)21-13/h3-6,9-10,13H,2,7-8,11H2,1H3,(H,17,18,19)/t13-/m0/s1. The van der Waals surface area contributed by atoms with Gasteiger partial charge in [-0.25, -0.2) is 9.97 Å². The first kappa shape index (κ1) is 13.7. The third-order valence-electron chi connectivity index (χ3n) is 3.43. The van der Waals surface area contributed by atoms with Gasteiger partial charge in [0, 0.05) is 25.4 Å². The van der Waals surface area contributed by atoms with Gasteiger partial charge in [0.05, 0.1) is 0 Å². The van der Waals surface area contributed by atoms with Crippen molar-refractivity contribution in [3.63, 3.8) is 0 Å². The van der Waals surface area contributed by atoms with Crippen LogP contribution in [0.15, 0.2) is 36.7 Å². The second-order valence-corrected chi connectivity index (χ2v) is 4.98. The molecule has 5 nitrogen and oxygen atoms in total. The Morgan fingerprint density at radius 3 is 2.71 bits per heavy atom. The summed E-state index contributed by atoms with van der Waals surface area (Å²) in [4.78, 5) is 8.55. The van der Waals surface area contributed by atoms with Crippen LogP contribution in [0.2, 0.25) is 0 Å². The maximum absolute atomic E-state index is 5.90. The molecule has 1 aromatic carbocycles. The smallest absolute Gasteiger partial charge is 0.222 e. The minimum absolute atomic E-state index is 0.0577. The van der Waals surface area contributed by atoms with Gasteiger partial charge in [-0.2, -0.15) is 0 Å². The molecule has 0 spiro atoms. The van der Waals surface area contributed by atoms with E-state index in [2.05, 4.69) is 22.2 Å². The Balaban J connectivity index is 1.48. The number of aryl methyl sites for hydroxylation is 1. The normalized spacial score (nSPS) is 16.5. The summed E-state index contributed by atoms with van der Waals surface area (Å²) < 4.78 is 11.6. The van der Waals surface area contributed by atoms with E-state index >= 15 is 0 Å². The molecule has 3 rings (SSSR count). The van der Waals surface area contributed by atoms with E-state index in [4.69, 9.17) is 9.47 Å². The molecular weight excluding hydrogens is 266 g/mol. The zero-order valence-electron chi connectivity index (χ0n) is 12.1. The summed E-state index contributed by atoms with van der Waals surface area (Å²) >= 11 is 0. The van der Waals surface area contributed by atoms with Crippen molar-refractivity contribution >= 4 is 5.95 Å². The van der Waals surface area contributed by atoms with Crippen LogP contribution in [0.4, 0.5) is 5.95 Å². The number of nitrogens with one attached hydrogen (secondary N) is 1. The van der Waals surface area contributed by atoms with Crippen LogP contribution in [-0.2, 0) is 6.42 Å². The highest BCUT2D eigenvalue weighted by molar-refractivity contribution is 5.40. The summed E-state index contributed by atoms with van der Waals surface area (Å²) in [7, 11) is 0. The van der Waals surface area contributed by atoms with E-state index in [1.807, 2.05) is 36.7 Å². The molecule has 110 valence electrons. The third kappa shape index (κ3) is 3.42. The average Bonchev–Trinajstić information content (AvgIpc) is 2.55. The molecule has 0 fully saturated rings. The molecule has 1 aliphatic heterocycles. The van der Waals surface area contributed by atoms with Crippen molar-refractivity contribution in [3.05, 3.63) is 42.2 Å². The molecule has 1 aromatic heterocycles. The number of benzene rings is 1. The number of hydrogen-bond donors (Lipinski definition) is 1. The van der Waals surface area contributed by atoms with Gasteiger partial charge < -0.3 is 14.8 Å². The highest BCUT2D eigenvalue weighted by atomic mass is 16.6. The van der Waals surface area contributed by atoms with Gasteiger partial charge in [-0.05, 0) is 24.1 Å². The van der Waals surface area contributed by atoms with E-state index in [1.165, 1.54) is 0 Å². The Morgan fingerprint density at radius 2 is 1.95 bits per heavy atom. The van der Waals surface area contributed by atoms with Gasteiger partial charge in [-0.15, -0.1) is 0 Å². The van der Waals surface area contributed by atoms with Crippen molar-refractivity contribution in [1.82, 2.24) is 9.97 Å².